The van der Waals surface area contributed by atoms with E-state index in [-0.39, 0.29) is 36.7 Å². The van der Waals surface area contributed by atoms with Gasteiger partial charge in [-0.1, -0.05) is 12.1 Å². The number of alkyl halides is 2. The number of nitrogens with one attached hydrogen (secondary N) is 1. The number of hydrogen-bond donors (Lipinski definition) is 1. The molecule has 26 heavy (non-hydrogen) atoms. The average molecular weight is 430 g/mol. The molecule has 0 aromatic heterocycles. The monoisotopic (exact) mass is 429 g/mol. The van der Waals surface area contributed by atoms with Crippen molar-refractivity contribution < 1.29 is 18.4 Å². The van der Waals surface area contributed by atoms with E-state index in [2.05, 4.69) is 21.2 Å². The average Bonchev–Trinajstić information content (AvgIpc) is 2.98. The van der Waals surface area contributed by atoms with Crippen LogP contribution < -0.4 is 10.2 Å². The number of para-hydroxylation sites is 1. The molecule has 0 radical (unpaired) electrons. The third-order valence-corrected chi connectivity index (χ3v) is 5.64. The molecule has 1 aromatic rings. The van der Waals surface area contributed by atoms with Crippen LogP contribution in [0, 0.1) is 5.92 Å². The number of benzene rings is 1. The van der Waals surface area contributed by atoms with Gasteiger partial charge in [0.25, 0.3) is 6.43 Å². The van der Waals surface area contributed by atoms with Crippen LogP contribution in [0.1, 0.15) is 19.3 Å². The first-order valence-electron chi connectivity index (χ1n) is 8.80. The van der Waals surface area contributed by atoms with Gasteiger partial charge in [-0.3, -0.25) is 14.5 Å². The van der Waals surface area contributed by atoms with Crippen molar-refractivity contribution in [3.05, 3.63) is 28.7 Å². The highest BCUT2D eigenvalue weighted by molar-refractivity contribution is 9.10. The molecule has 2 saturated heterocycles. The summed E-state index contributed by atoms with van der Waals surface area (Å²) < 4.78 is 25.7. The van der Waals surface area contributed by atoms with Crippen LogP contribution in [0.4, 0.5) is 14.5 Å². The maximum Gasteiger partial charge on any atom is 0.251 e. The molecule has 2 aliphatic rings. The van der Waals surface area contributed by atoms with Gasteiger partial charge in [0.05, 0.1) is 18.2 Å². The molecule has 0 bridgehead atoms. The maximum atomic E-state index is 12.5. The number of piperidine rings is 1. The van der Waals surface area contributed by atoms with E-state index >= 15 is 0 Å². The number of nitrogens with zero attached hydrogens (tertiary/aromatic N) is 2. The lowest BCUT2D eigenvalue weighted by Gasteiger charge is -2.32. The number of hydrogen-bond acceptors (Lipinski definition) is 3. The largest absolute Gasteiger partial charge is 0.353 e. The summed E-state index contributed by atoms with van der Waals surface area (Å²) in [6.07, 6.45) is -0.814. The smallest absolute Gasteiger partial charge is 0.251 e. The number of anilines is 1. The van der Waals surface area contributed by atoms with Crippen molar-refractivity contribution in [2.24, 2.45) is 5.92 Å². The Morgan fingerprint density at radius 3 is 2.62 bits per heavy atom. The van der Waals surface area contributed by atoms with Gasteiger partial charge in [0.2, 0.25) is 11.8 Å². The summed E-state index contributed by atoms with van der Waals surface area (Å²) in [7, 11) is 0. The summed E-state index contributed by atoms with van der Waals surface area (Å²) in [6, 6.07) is 7.43. The topological polar surface area (TPSA) is 52.7 Å². The van der Waals surface area contributed by atoms with Crippen molar-refractivity contribution in [2.75, 3.05) is 31.1 Å². The van der Waals surface area contributed by atoms with E-state index in [0.717, 1.165) is 10.2 Å². The molecule has 2 heterocycles. The van der Waals surface area contributed by atoms with E-state index in [1.54, 1.807) is 9.80 Å². The van der Waals surface area contributed by atoms with Crippen LogP contribution in [0.5, 0.6) is 0 Å². The van der Waals surface area contributed by atoms with Gasteiger partial charge in [-0.25, -0.2) is 8.78 Å². The lowest BCUT2D eigenvalue weighted by molar-refractivity contribution is -0.127. The van der Waals surface area contributed by atoms with Crippen LogP contribution in [0.2, 0.25) is 0 Å². The third kappa shape index (κ3) is 4.59. The van der Waals surface area contributed by atoms with Gasteiger partial charge in [0.1, 0.15) is 0 Å². The van der Waals surface area contributed by atoms with Crippen molar-refractivity contribution in [3.63, 3.8) is 0 Å². The van der Waals surface area contributed by atoms with Crippen LogP contribution >= 0.6 is 15.9 Å². The second kappa shape index (κ2) is 8.43. The molecule has 5 nitrogen and oxygen atoms in total. The molecular formula is C18H22BrF2N3O2. The molecule has 1 aromatic carbocycles. The molecular weight excluding hydrogens is 408 g/mol. The number of carbonyl (C=O) groups is 2. The number of halogens is 3. The molecule has 2 amide bonds. The Kier molecular flexibility index (Phi) is 6.24. The minimum atomic E-state index is -2.33. The molecule has 142 valence electrons. The normalized spacial score (nSPS) is 22.2. The Hall–Kier alpha value is -1.54. The van der Waals surface area contributed by atoms with E-state index in [9.17, 15) is 18.4 Å². The van der Waals surface area contributed by atoms with E-state index in [1.807, 2.05) is 24.3 Å². The van der Waals surface area contributed by atoms with Crippen LogP contribution in [-0.4, -0.2) is 55.4 Å². The zero-order valence-electron chi connectivity index (χ0n) is 14.3. The summed E-state index contributed by atoms with van der Waals surface area (Å²) in [5, 5.41) is 3.00. The van der Waals surface area contributed by atoms with E-state index in [1.165, 1.54) is 0 Å². The SMILES string of the molecule is O=C(NC1CCN(CC(F)F)CC1)C1CC(=O)N(c2ccccc2Br)C1. The van der Waals surface area contributed by atoms with E-state index in [0.29, 0.717) is 32.5 Å². The Labute approximate surface area is 159 Å². The van der Waals surface area contributed by atoms with E-state index in [4.69, 9.17) is 0 Å². The Morgan fingerprint density at radius 1 is 1.27 bits per heavy atom. The first-order chi connectivity index (χ1) is 12.4. The summed E-state index contributed by atoms with van der Waals surface area (Å²) in [6.45, 7) is 1.26. The minimum Gasteiger partial charge on any atom is -0.353 e. The van der Waals surface area contributed by atoms with Crippen molar-refractivity contribution in [3.8, 4) is 0 Å². The minimum absolute atomic E-state index is 0.0102. The van der Waals surface area contributed by atoms with Gasteiger partial charge in [0.15, 0.2) is 0 Å². The Balaban J connectivity index is 1.52. The first kappa shape index (κ1) is 19.2. The van der Waals surface area contributed by atoms with Crippen molar-refractivity contribution in [2.45, 2.75) is 31.7 Å². The quantitative estimate of drug-likeness (QED) is 0.782. The second-order valence-electron chi connectivity index (χ2n) is 6.83. The van der Waals surface area contributed by atoms with Crippen molar-refractivity contribution in [1.29, 1.82) is 0 Å². The fourth-order valence-corrected chi connectivity index (χ4v) is 4.06. The summed E-state index contributed by atoms with van der Waals surface area (Å²) in [4.78, 5) is 28.2. The van der Waals surface area contributed by atoms with Gasteiger partial charge >= 0.3 is 0 Å². The first-order valence-corrected chi connectivity index (χ1v) is 9.59. The highest BCUT2D eigenvalue weighted by atomic mass is 79.9. The predicted octanol–water partition coefficient (Wildman–Crippen LogP) is 2.65. The Morgan fingerprint density at radius 2 is 1.96 bits per heavy atom. The summed E-state index contributed by atoms with van der Waals surface area (Å²) in [5.41, 5.74) is 0.771. The van der Waals surface area contributed by atoms with Crippen LogP contribution in [0.25, 0.3) is 0 Å². The molecule has 3 rings (SSSR count). The number of amides is 2. The molecule has 2 aliphatic heterocycles. The van der Waals surface area contributed by atoms with Crippen LogP contribution in [0.15, 0.2) is 28.7 Å². The number of likely N-dealkylation sites (tertiary alicyclic amines) is 1. The second-order valence-corrected chi connectivity index (χ2v) is 7.69. The third-order valence-electron chi connectivity index (χ3n) is 4.97. The fourth-order valence-electron chi connectivity index (χ4n) is 3.56. The zero-order valence-corrected chi connectivity index (χ0v) is 15.9. The van der Waals surface area contributed by atoms with Gasteiger partial charge in [0, 0.05) is 36.6 Å². The number of rotatable bonds is 5. The highest BCUT2D eigenvalue weighted by Crippen LogP contribution is 2.31. The summed E-state index contributed by atoms with van der Waals surface area (Å²) in [5.74, 6) is -0.572. The molecule has 2 fully saturated rings. The lowest BCUT2D eigenvalue weighted by Crippen LogP contribution is -2.47. The van der Waals surface area contributed by atoms with Crippen molar-refractivity contribution >= 4 is 33.4 Å². The molecule has 1 unspecified atom stereocenters. The number of carbonyl (C=O) groups excluding carboxylic acids is 2. The standard InChI is InChI=1S/C18H22BrF2N3O2/c19-14-3-1-2-4-15(14)24-10-12(9-17(24)25)18(26)22-13-5-7-23(8-6-13)11-16(20)21/h1-4,12-13,16H,5-11H2,(H,22,26). The fraction of sp³-hybridized carbons (Fsp3) is 0.556. The predicted molar refractivity (Wildman–Crippen MR) is 98.2 cm³/mol. The van der Waals surface area contributed by atoms with Gasteiger partial charge in [-0.2, -0.15) is 0 Å². The molecule has 0 aliphatic carbocycles. The summed E-state index contributed by atoms with van der Waals surface area (Å²) >= 11 is 3.44. The van der Waals surface area contributed by atoms with Gasteiger partial charge < -0.3 is 10.2 Å². The maximum absolute atomic E-state index is 12.5. The Bertz CT molecular complexity index is 666. The molecule has 8 heteroatoms. The van der Waals surface area contributed by atoms with Crippen molar-refractivity contribution in [1.82, 2.24) is 10.2 Å². The zero-order chi connectivity index (χ0) is 18.7. The van der Waals surface area contributed by atoms with E-state index < -0.39 is 6.43 Å². The lowest BCUT2D eigenvalue weighted by atomic mass is 10.0. The molecule has 0 saturated carbocycles. The highest BCUT2D eigenvalue weighted by Gasteiger charge is 2.36. The van der Waals surface area contributed by atoms with Crippen LogP contribution in [0.3, 0.4) is 0 Å². The molecule has 0 spiro atoms. The van der Waals surface area contributed by atoms with Crippen LogP contribution in [-0.2, 0) is 9.59 Å². The van der Waals surface area contributed by atoms with Gasteiger partial charge in [-0.15, -0.1) is 0 Å². The molecule has 1 N–H and O–H groups in total. The molecule has 1 atom stereocenters. The van der Waals surface area contributed by atoms with Gasteiger partial charge in [-0.05, 0) is 40.9 Å².